The second kappa shape index (κ2) is 7.00. The predicted molar refractivity (Wildman–Crippen MR) is 71.6 cm³/mol. The molecule has 6 heteroatoms. The van der Waals surface area contributed by atoms with Crippen molar-refractivity contribution in [3.63, 3.8) is 0 Å². The van der Waals surface area contributed by atoms with E-state index in [1.165, 1.54) is 12.1 Å². The highest BCUT2D eigenvalue weighted by molar-refractivity contribution is 7.85. The summed E-state index contributed by atoms with van der Waals surface area (Å²) in [5.41, 5.74) is 0.956. The molecule has 0 aliphatic carbocycles. The summed E-state index contributed by atoms with van der Waals surface area (Å²) in [6.07, 6.45) is 2.81. The monoisotopic (exact) mass is 288 g/mol. The summed E-state index contributed by atoms with van der Waals surface area (Å²) in [7, 11) is -4.02. The van der Waals surface area contributed by atoms with E-state index in [2.05, 4.69) is 6.92 Å². The van der Waals surface area contributed by atoms with E-state index in [1.54, 1.807) is 12.1 Å². The van der Waals surface area contributed by atoms with Crippen LogP contribution in [0.3, 0.4) is 0 Å². The lowest BCUT2D eigenvalue weighted by Gasteiger charge is -1.95. The second-order valence-corrected chi connectivity index (χ2v) is 5.89. The molecule has 0 radical (unpaired) electrons. The van der Waals surface area contributed by atoms with Gasteiger partial charge in [-0.15, -0.1) is 0 Å². The molecular weight excluding hydrogens is 268 g/mol. The Morgan fingerprint density at radius 3 is 2.16 bits per heavy atom. The van der Waals surface area contributed by atoms with Crippen LogP contribution in [0.1, 0.15) is 25.3 Å². The van der Waals surface area contributed by atoms with Crippen LogP contribution in [0.4, 0.5) is 0 Å². The van der Waals surface area contributed by atoms with E-state index in [0.717, 1.165) is 18.4 Å². The van der Waals surface area contributed by atoms with E-state index >= 15 is 0 Å². The summed E-state index contributed by atoms with van der Waals surface area (Å²) in [5.74, 6) is 0. The number of aliphatic hydroxyl groups is 1. The molecule has 0 spiro atoms. The van der Waals surface area contributed by atoms with Gasteiger partial charge < -0.3 is 9.84 Å². The van der Waals surface area contributed by atoms with Crippen molar-refractivity contribution in [1.82, 2.24) is 0 Å². The normalized spacial score (nSPS) is 21.5. The van der Waals surface area contributed by atoms with Crippen LogP contribution < -0.4 is 0 Å². The predicted octanol–water partition coefficient (Wildman–Crippen LogP) is 1.79. The molecule has 2 N–H and O–H groups in total. The van der Waals surface area contributed by atoms with E-state index in [4.69, 9.17) is 14.4 Å². The Hall–Kier alpha value is -0.950. The number of epoxide rings is 1. The highest BCUT2D eigenvalue weighted by atomic mass is 32.2. The van der Waals surface area contributed by atoms with Gasteiger partial charge in [0.25, 0.3) is 10.1 Å². The molecule has 0 bridgehead atoms. The molecule has 0 amide bonds. The number of hydrogen-bond donors (Lipinski definition) is 2. The molecule has 1 aromatic carbocycles. The molecule has 0 aromatic heterocycles. The minimum atomic E-state index is -4.02. The molecule has 108 valence electrons. The molecule has 1 aliphatic heterocycles. The van der Waals surface area contributed by atoms with Crippen molar-refractivity contribution in [2.24, 2.45) is 0 Å². The standard InChI is InChI=1S/C7H8O3S.C6H12O2/c1-6-2-4-7(5-3-6)11(8,9)10;1-2-3-5-6(4-7)8-5/h2-5H,1H3,(H,8,9,10);5-7H,2-4H2,1H3. The van der Waals surface area contributed by atoms with Crippen LogP contribution in [0.25, 0.3) is 0 Å². The van der Waals surface area contributed by atoms with Crippen molar-refractivity contribution in [2.75, 3.05) is 6.61 Å². The zero-order chi connectivity index (χ0) is 14.5. The van der Waals surface area contributed by atoms with E-state index < -0.39 is 10.1 Å². The van der Waals surface area contributed by atoms with Crippen molar-refractivity contribution in [3.8, 4) is 0 Å². The molecule has 1 aromatic rings. The molecule has 1 aliphatic rings. The molecule has 2 unspecified atom stereocenters. The Bertz CT molecular complexity index is 480. The van der Waals surface area contributed by atoms with Gasteiger partial charge in [0.1, 0.15) is 6.10 Å². The summed E-state index contributed by atoms with van der Waals surface area (Å²) >= 11 is 0. The highest BCUT2D eigenvalue weighted by Crippen LogP contribution is 2.25. The molecule has 19 heavy (non-hydrogen) atoms. The van der Waals surface area contributed by atoms with E-state index in [0.29, 0.717) is 6.10 Å². The van der Waals surface area contributed by atoms with Gasteiger partial charge in [-0.3, -0.25) is 4.55 Å². The molecular formula is C13H20O5S. The summed E-state index contributed by atoms with van der Waals surface area (Å²) < 4.78 is 34.6. The van der Waals surface area contributed by atoms with Crippen LogP contribution in [-0.2, 0) is 14.9 Å². The van der Waals surface area contributed by atoms with Crippen LogP contribution in [0.2, 0.25) is 0 Å². The van der Waals surface area contributed by atoms with Gasteiger partial charge in [-0.25, -0.2) is 0 Å². The molecule has 2 atom stereocenters. The lowest BCUT2D eigenvalue weighted by atomic mass is 10.2. The summed E-state index contributed by atoms with van der Waals surface area (Å²) in [6, 6.07) is 5.99. The molecule has 1 heterocycles. The largest absolute Gasteiger partial charge is 0.394 e. The summed E-state index contributed by atoms with van der Waals surface area (Å²) in [4.78, 5) is -0.0666. The molecule has 2 rings (SSSR count). The molecule has 1 saturated heterocycles. The fourth-order valence-electron chi connectivity index (χ4n) is 1.59. The number of rotatable bonds is 4. The van der Waals surface area contributed by atoms with Gasteiger partial charge in [-0.05, 0) is 25.5 Å². The lowest BCUT2D eigenvalue weighted by Crippen LogP contribution is -1.97. The second-order valence-electron chi connectivity index (χ2n) is 4.47. The maximum Gasteiger partial charge on any atom is 0.294 e. The van der Waals surface area contributed by atoms with Crippen molar-refractivity contribution in [2.45, 2.75) is 43.8 Å². The van der Waals surface area contributed by atoms with Crippen molar-refractivity contribution < 1.29 is 22.8 Å². The number of hydrogen-bond acceptors (Lipinski definition) is 4. The third-order valence-corrected chi connectivity index (χ3v) is 3.63. The van der Waals surface area contributed by atoms with Crippen molar-refractivity contribution in [3.05, 3.63) is 29.8 Å². The maximum atomic E-state index is 10.5. The van der Waals surface area contributed by atoms with Crippen LogP contribution in [-0.4, -0.2) is 36.9 Å². The van der Waals surface area contributed by atoms with Crippen molar-refractivity contribution in [1.29, 1.82) is 0 Å². The Morgan fingerprint density at radius 1 is 1.21 bits per heavy atom. The smallest absolute Gasteiger partial charge is 0.294 e. The average molecular weight is 288 g/mol. The van der Waals surface area contributed by atoms with Crippen LogP contribution in [0.5, 0.6) is 0 Å². The number of ether oxygens (including phenoxy) is 1. The SMILES string of the molecule is CCCC1OC1CO.Cc1ccc(S(=O)(=O)O)cc1. The Morgan fingerprint density at radius 2 is 1.79 bits per heavy atom. The number of aryl methyl sites for hydroxylation is 1. The average Bonchev–Trinajstić information content (AvgIpc) is 3.08. The van der Waals surface area contributed by atoms with Crippen molar-refractivity contribution >= 4 is 10.1 Å². The quantitative estimate of drug-likeness (QED) is 0.651. The topological polar surface area (TPSA) is 87.1 Å². The van der Waals surface area contributed by atoms with E-state index in [9.17, 15) is 8.42 Å². The number of aliphatic hydroxyl groups excluding tert-OH is 1. The van der Waals surface area contributed by atoms with Gasteiger partial charge in [0.2, 0.25) is 0 Å². The van der Waals surface area contributed by atoms with Gasteiger partial charge in [0.15, 0.2) is 0 Å². The van der Waals surface area contributed by atoms with Gasteiger partial charge in [0, 0.05) is 0 Å². The van der Waals surface area contributed by atoms with Gasteiger partial charge in [-0.1, -0.05) is 31.0 Å². The Balaban J connectivity index is 0.000000200. The van der Waals surface area contributed by atoms with E-state index in [1.807, 2.05) is 6.92 Å². The first-order valence-electron chi connectivity index (χ1n) is 6.19. The minimum absolute atomic E-state index is 0.0666. The Labute approximate surface area is 114 Å². The lowest BCUT2D eigenvalue weighted by molar-refractivity contribution is 0.241. The van der Waals surface area contributed by atoms with Crippen LogP contribution >= 0.6 is 0 Å². The zero-order valence-corrected chi connectivity index (χ0v) is 11.9. The first kappa shape index (κ1) is 16.1. The first-order valence-corrected chi connectivity index (χ1v) is 7.63. The third kappa shape index (κ3) is 5.69. The zero-order valence-electron chi connectivity index (χ0n) is 11.1. The van der Waals surface area contributed by atoms with Crippen LogP contribution in [0.15, 0.2) is 29.2 Å². The maximum absolute atomic E-state index is 10.5. The highest BCUT2D eigenvalue weighted by Gasteiger charge is 2.36. The number of benzene rings is 1. The van der Waals surface area contributed by atoms with E-state index in [-0.39, 0.29) is 17.6 Å². The van der Waals surface area contributed by atoms with Crippen LogP contribution in [0, 0.1) is 6.92 Å². The summed E-state index contributed by atoms with van der Waals surface area (Å²) in [6.45, 7) is 4.16. The Kier molecular flexibility index (Phi) is 5.93. The van der Waals surface area contributed by atoms with Gasteiger partial charge in [-0.2, -0.15) is 8.42 Å². The minimum Gasteiger partial charge on any atom is -0.394 e. The molecule has 0 saturated carbocycles. The van der Waals surface area contributed by atoms with Gasteiger partial charge in [0.05, 0.1) is 17.6 Å². The fourth-order valence-corrected chi connectivity index (χ4v) is 2.07. The molecule has 1 fully saturated rings. The van der Waals surface area contributed by atoms with Gasteiger partial charge >= 0.3 is 0 Å². The fraction of sp³-hybridized carbons (Fsp3) is 0.538. The first-order chi connectivity index (χ1) is 8.88. The molecule has 5 nitrogen and oxygen atoms in total. The summed E-state index contributed by atoms with van der Waals surface area (Å²) in [5, 5.41) is 8.48. The third-order valence-electron chi connectivity index (χ3n) is 2.76.